The number of nitrogens with one attached hydrogen (secondary N) is 1. The molecular weight excluding hydrogens is 178 g/mol. The molecule has 3 N–H and O–H groups in total. The van der Waals surface area contributed by atoms with Crippen molar-refractivity contribution in [2.24, 2.45) is 5.73 Å². The maximum Gasteiger partial charge on any atom is 0.237 e. The molecule has 1 rings (SSSR count). The van der Waals surface area contributed by atoms with E-state index in [4.69, 9.17) is 5.73 Å². The van der Waals surface area contributed by atoms with Crippen molar-refractivity contribution in [3.63, 3.8) is 0 Å². The van der Waals surface area contributed by atoms with Crippen LogP contribution in [0.2, 0.25) is 0 Å². The van der Waals surface area contributed by atoms with Gasteiger partial charge in [-0.25, -0.2) is 0 Å². The minimum Gasteiger partial charge on any atom is -0.353 e. The van der Waals surface area contributed by atoms with E-state index in [-0.39, 0.29) is 11.9 Å². The number of rotatable bonds is 4. The van der Waals surface area contributed by atoms with Gasteiger partial charge in [0.1, 0.15) is 0 Å². The van der Waals surface area contributed by atoms with Crippen molar-refractivity contribution in [1.29, 1.82) is 0 Å². The van der Waals surface area contributed by atoms with Gasteiger partial charge in [0.25, 0.3) is 0 Å². The molecule has 0 spiro atoms. The van der Waals surface area contributed by atoms with E-state index in [1.807, 2.05) is 6.92 Å². The SMILES string of the molecule is CCC(CN)N1CCNC(=O)C1CC. The van der Waals surface area contributed by atoms with Crippen LogP contribution in [0.1, 0.15) is 26.7 Å². The smallest absolute Gasteiger partial charge is 0.237 e. The van der Waals surface area contributed by atoms with Gasteiger partial charge >= 0.3 is 0 Å². The lowest BCUT2D eigenvalue weighted by atomic mass is 10.0. The van der Waals surface area contributed by atoms with Crippen molar-refractivity contribution in [2.75, 3.05) is 19.6 Å². The van der Waals surface area contributed by atoms with E-state index < -0.39 is 0 Å². The molecule has 1 fully saturated rings. The summed E-state index contributed by atoms with van der Waals surface area (Å²) in [6.07, 6.45) is 1.88. The lowest BCUT2D eigenvalue weighted by Gasteiger charge is -2.39. The molecule has 1 aliphatic rings. The zero-order valence-corrected chi connectivity index (χ0v) is 9.12. The summed E-state index contributed by atoms with van der Waals surface area (Å²) in [6.45, 7) is 6.49. The largest absolute Gasteiger partial charge is 0.353 e. The fourth-order valence-electron chi connectivity index (χ4n) is 2.13. The highest BCUT2D eigenvalue weighted by Crippen LogP contribution is 2.13. The first-order valence-corrected chi connectivity index (χ1v) is 5.48. The topological polar surface area (TPSA) is 58.4 Å². The van der Waals surface area contributed by atoms with Crippen molar-refractivity contribution >= 4 is 5.91 Å². The Bertz CT molecular complexity index is 192. The van der Waals surface area contributed by atoms with E-state index in [1.165, 1.54) is 0 Å². The molecule has 14 heavy (non-hydrogen) atoms. The lowest BCUT2D eigenvalue weighted by Crippen LogP contribution is -2.59. The number of hydrogen-bond donors (Lipinski definition) is 2. The van der Waals surface area contributed by atoms with Crippen LogP contribution in [-0.2, 0) is 4.79 Å². The second-order valence-electron chi connectivity index (χ2n) is 3.75. The molecule has 4 nitrogen and oxygen atoms in total. The summed E-state index contributed by atoms with van der Waals surface area (Å²) < 4.78 is 0. The summed E-state index contributed by atoms with van der Waals surface area (Å²) in [4.78, 5) is 13.8. The normalized spacial score (nSPS) is 25.9. The Labute approximate surface area is 85.8 Å². The molecule has 4 heteroatoms. The van der Waals surface area contributed by atoms with Gasteiger partial charge in [0.2, 0.25) is 5.91 Å². The van der Waals surface area contributed by atoms with Gasteiger partial charge < -0.3 is 11.1 Å². The van der Waals surface area contributed by atoms with Crippen LogP contribution in [0.5, 0.6) is 0 Å². The fraction of sp³-hybridized carbons (Fsp3) is 0.900. The molecular formula is C10H21N3O. The summed E-state index contributed by atoms with van der Waals surface area (Å²) in [5, 5.41) is 2.89. The Balaban J connectivity index is 2.68. The van der Waals surface area contributed by atoms with E-state index in [0.717, 1.165) is 25.9 Å². The maximum atomic E-state index is 11.6. The standard InChI is InChI=1S/C10H21N3O/c1-3-8(7-11)13-6-5-12-10(14)9(13)4-2/h8-9H,3-7,11H2,1-2H3,(H,12,14). The number of piperazine rings is 1. The number of hydrogen-bond acceptors (Lipinski definition) is 3. The Morgan fingerprint density at radius 3 is 2.86 bits per heavy atom. The quantitative estimate of drug-likeness (QED) is 0.666. The molecule has 1 saturated heterocycles. The molecule has 1 heterocycles. The molecule has 0 aromatic rings. The van der Waals surface area contributed by atoms with Gasteiger partial charge in [0.05, 0.1) is 6.04 Å². The Morgan fingerprint density at radius 2 is 2.36 bits per heavy atom. The van der Waals surface area contributed by atoms with E-state index in [1.54, 1.807) is 0 Å². The van der Waals surface area contributed by atoms with Gasteiger partial charge in [0, 0.05) is 25.7 Å². The molecule has 2 unspecified atom stereocenters. The minimum absolute atomic E-state index is 0.0252. The van der Waals surface area contributed by atoms with Gasteiger partial charge in [-0.1, -0.05) is 13.8 Å². The predicted octanol–water partition coefficient (Wildman–Crippen LogP) is -0.0659. The Morgan fingerprint density at radius 1 is 1.64 bits per heavy atom. The van der Waals surface area contributed by atoms with Crippen molar-refractivity contribution in [3.8, 4) is 0 Å². The van der Waals surface area contributed by atoms with Gasteiger partial charge in [0.15, 0.2) is 0 Å². The van der Waals surface area contributed by atoms with Gasteiger partial charge in [-0.05, 0) is 12.8 Å². The van der Waals surface area contributed by atoms with Crippen LogP contribution < -0.4 is 11.1 Å². The lowest BCUT2D eigenvalue weighted by molar-refractivity contribution is -0.130. The average Bonchev–Trinajstić information content (AvgIpc) is 2.20. The van der Waals surface area contributed by atoms with Crippen LogP contribution in [0.4, 0.5) is 0 Å². The van der Waals surface area contributed by atoms with Crippen LogP contribution in [-0.4, -0.2) is 42.5 Å². The third-order valence-corrected chi connectivity index (χ3v) is 2.97. The average molecular weight is 199 g/mol. The van der Waals surface area contributed by atoms with Crippen LogP contribution in [0, 0.1) is 0 Å². The second-order valence-corrected chi connectivity index (χ2v) is 3.75. The first-order valence-electron chi connectivity index (χ1n) is 5.48. The molecule has 0 aliphatic carbocycles. The summed E-state index contributed by atoms with van der Waals surface area (Å²) >= 11 is 0. The first kappa shape index (κ1) is 11.5. The van der Waals surface area contributed by atoms with E-state index in [2.05, 4.69) is 17.1 Å². The van der Waals surface area contributed by atoms with Crippen molar-refractivity contribution in [2.45, 2.75) is 38.8 Å². The molecule has 0 aromatic heterocycles. The van der Waals surface area contributed by atoms with Gasteiger partial charge in [-0.2, -0.15) is 0 Å². The maximum absolute atomic E-state index is 11.6. The molecule has 0 bridgehead atoms. The number of nitrogens with two attached hydrogens (primary N) is 1. The Hall–Kier alpha value is -0.610. The number of carbonyl (C=O) groups excluding carboxylic acids is 1. The zero-order chi connectivity index (χ0) is 10.6. The second kappa shape index (κ2) is 5.32. The highest BCUT2D eigenvalue weighted by molar-refractivity contribution is 5.82. The highest BCUT2D eigenvalue weighted by atomic mass is 16.2. The van der Waals surface area contributed by atoms with Gasteiger partial charge in [-0.15, -0.1) is 0 Å². The third-order valence-electron chi connectivity index (χ3n) is 2.97. The zero-order valence-electron chi connectivity index (χ0n) is 9.12. The molecule has 1 aliphatic heterocycles. The van der Waals surface area contributed by atoms with Gasteiger partial charge in [-0.3, -0.25) is 9.69 Å². The summed E-state index contributed by atoms with van der Waals surface area (Å²) in [7, 11) is 0. The minimum atomic E-state index is 0.0252. The Kier molecular flexibility index (Phi) is 4.35. The molecule has 1 amide bonds. The molecule has 0 saturated carbocycles. The molecule has 2 atom stereocenters. The van der Waals surface area contributed by atoms with Crippen LogP contribution in [0.25, 0.3) is 0 Å². The van der Waals surface area contributed by atoms with Crippen molar-refractivity contribution in [3.05, 3.63) is 0 Å². The number of nitrogens with zero attached hydrogens (tertiary/aromatic N) is 1. The van der Waals surface area contributed by atoms with Crippen LogP contribution in [0.15, 0.2) is 0 Å². The van der Waals surface area contributed by atoms with Crippen LogP contribution >= 0.6 is 0 Å². The summed E-state index contributed by atoms with van der Waals surface area (Å²) in [5.41, 5.74) is 5.70. The summed E-state index contributed by atoms with van der Waals surface area (Å²) in [5.74, 6) is 0.158. The monoisotopic (exact) mass is 199 g/mol. The van der Waals surface area contributed by atoms with E-state index in [9.17, 15) is 4.79 Å². The highest BCUT2D eigenvalue weighted by Gasteiger charge is 2.31. The molecule has 0 aromatic carbocycles. The molecule has 82 valence electrons. The number of carbonyl (C=O) groups is 1. The number of amides is 1. The first-order chi connectivity index (χ1) is 6.74. The van der Waals surface area contributed by atoms with Crippen LogP contribution in [0.3, 0.4) is 0 Å². The predicted molar refractivity (Wildman–Crippen MR) is 56.9 cm³/mol. The third kappa shape index (κ3) is 2.25. The summed E-state index contributed by atoms with van der Waals surface area (Å²) in [6, 6.07) is 0.378. The molecule has 0 radical (unpaired) electrons. The van der Waals surface area contributed by atoms with E-state index in [0.29, 0.717) is 12.6 Å². The van der Waals surface area contributed by atoms with Crippen molar-refractivity contribution in [1.82, 2.24) is 10.2 Å². The van der Waals surface area contributed by atoms with Crippen molar-refractivity contribution < 1.29 is 4.79 Å². The van der Waals surface area contributed by atoms with E-state index >= 15 is 0 Å². The fourth-order valence-corrected chi connectivity index (χ4v) is 2.13.